The predicted octanol–water partition coefficient (Wildman–Crippen LogP) is 2.36. The van der Waals surface area contributed by atoms with Gasteiger partial charge in [0.2, 0.25) is 0 Å². The van der Waals surface area contributed by atoms with Crippen molar-refractivity contribution in [3.63, 3.8) is 0 Å². The van der Waals surface area contributed by atoms with E-state index in [0.29, 0.717) is 12.0 Å². The smallest absolute Gasteiger partial charge is 0.191 e. The van der Waals surface area contributed by atoms with Crippen molar-refractivity contribution in [1.29, 1.82) is 0 Å². The monoisotopic (exact) mass is 403 g/mol. The van der Waals surface area contributed by atoms with Gasteiger partial charge >= 0.3 is 0 Å². The summed E-state index contributed by atoms with van der Waals surface area (Å²) < 4.78 is 11.2. The van der Waals surface area contributed by atoms with Crippen molar-refractivity contribution < 1.29 is 9.47 Å². The number of nitrogens with one attached hydrogen (secondary N) is 2. The van der Waals surface area contributed by atoms with Crippen LogP contribution in [0.4, 0.5) is 5.82 Å². The van der Waals surface area contributed by atoms with Crippen molar-refractivity contribution in [2.45, 2.75) is 45.1 Å². The number of anilines is 1. The van der Waals surface area contributed by atoms with Crippen LogP contribution >= 0.6 is 0 Å². The number of aryl methyl sites for hydroxylation is 1. The molecule has 2 N–H and O–H groups in total. The summed E-state index contributed by atoms with van der Waals surface area (Å²) in [6, 6.07) is 6.68. The number of piperidine rings is 1. The Balaban J connectivity index is 1.27. The van der Waals surface area contributed by atoms with Gasteiger partial charge in [-0.3, -0.25) is 4.99 Å². The molecule has 0 aromatic carbocycles. The highest BCUT2D eigenvalue weighted by Gasteiger charge is 2.21. The Morgan fingerprint density at radius 3 is 2.76 bits per heavy atom. The van der Waals surface area contributed by atoms with Gasteiger partial charge in [-0.15, -0.1) is 0 Å². The van der Waals surface area contributed by atoms with Crippen LogP contribution in [0.25, 0.3) is 0 Å². The lowest BCUT2D eigenvalue weighted by molar-refractivity contribution is 0.0203. The van der Waals surface area contributed by atoms with E-state index in [1.165, 1.54) is 0 Å². The van der Waals surface area contributed by atoms with Crippen LogP contribution in [0.5, 0.6) is 0 Å². The summed E-state index contributed by atoms with van der Waals surface area (Å²) in [6.07, 6.45) is 5.43. The number of hydrogen-bond donors (Lipinski definition) is 2. The zero-order valence-corrected chi connectivity index (χ0v) is 18.0. The molecule has 29 heavy (non-hydrogen) atoms. The van der Waals surface area contributed by atoms with Gasteiger partial charge in [-0.1, -0.05) is 6.07 Å². The van der Waals surface area contributed by atoms with E-state index in [2.05, 4.69) is 37.6 Å². The first-order valence-electron chi connectivity index (χ1n) is 11.1. The molecule has 0 amide bonds. The van der Waals surface area contributed by atoms with E-state index in [1.807, 2.05) is 20.0 Å². The topological polar surface area (TPSA) is 71.0 Å². The standard InChI is InChI=1S/C22H37N5O2/c1-18-5-3-6-21(25-18)27-12-7-20(8-13-27)26-22(23-2)24-11-4-14-29-17-19-9-15-28-16-10-19/h3,5-6,19-20H,4,7-17H2,1-2H3,(H2,23,24,26). The summed E-state index contributed by atoms with van der Waals surface area (Å²) in [4.78, 5) is 11.4. The van der Waals surface area contributed by atoms with E-state index >= 15 is 0 Å². The molecule has 0 unspecified atom stereocenters. The van der Waals surface area contributed by atoms with Gasteiger partial charge in [0, 0.05) is 64.8 Å². The quantitative estimate of drug-likeness (QED) is 0.394. The van der Waals surface area contributed by atoms with Crippen LogP contribution in [0.1, 0.15) is 37.8 Å². The summed E-state index contributed by atoms with van der Waals surface area (Å²) in [6.45, 7) is 8.39. The van der Waals surface area contributed by atoms with E-state index in [4.69, 9.17) is 9.47 Å². The Bertz CT molecular complexity index is 625. The number of hydrogen-bond acceptors (Lipinski definition) is 5. The van der Waals surface area contributed by atoms with Crippen molar-refractivity contribution in [2.75, 3.05) is 58.0 Å². The van der Waals surface area contributed by atoms with Crippen LogP contribution in [0, 0.1) is 12.8 Å². The maximum atomic E-state index is 5.83. The van der Waals surface area contributed by atoms with E-state index < -0.39 is 0 Å². The van der Waals surface area contributed by atoms with E-state index in [1.54, 1.807) is 0 Å². The largest absolute Gasteiger partial charge is 0.381 e. The second kappa shape index (κ2) is 12.0. The van der Waals surface area contributed by atoms with Crippen LogP contribution in [-0.4, -0.2) is 70.1 Å². The Kier molecular flexibility index (Phi) is 9.02. The number of nitrogens with zero attached hydrogens (tertiary/aromatic N) is 3. The summed E-state index contributed by atoms with van der Waals surface area (Å²) in [5.41, 5.74) is 1.07. The summed E-state index contributed by atoms with van der Waals surface area (Å²) >= 11 is 0. The molecule has 7 nitrogen and oxygen atoms in total. The average Bonchev–Trinajstić information content (AvgIpc) is 2.76. The predicted molar refractivity (Wildman–Crippen MR) is 118 cm³/mol. The van der Waals surface area contributed by atoms with Crippen LogP contribution in [-0.2, 0) is 9.47 Å². The average molecular weight is 404 g/mol. The van der Waals surface area contributed by atoms with Gasteiger partial charge in [-0.2, -0.15) is 0 Å². The van der Waals surface area contributed by atoms with E-state index in [0.717, 1.165) is 95.6 Å². The minimum Gasteiger partial charge on any atom is -0.381 e. The molecule has 0 saturated carbocycles. The van der Waals surface area contributed by atoms with Gasteiger partial charge in [0.15, 0.2) is 5.96 Å². The van der Waals surface area contributed by atoms with Crippen LogP contribution in [0.3, 0.4) is 0 Å². The molecule has 0 aliphatic carbocycles. The molecule has 0 radical (unpaired) electrons. The Morgan fingerprint density at radius 2 is 2.03 bits per heavy atom. The van der Waals surface area contributed by atoms with Crippen molar-refractivity contribution in [1.82, 2.24) is 15.6 Å². The molecule has 0 spiro atoms. The van der Waals surface area contributed by atoms with E-state index in [-0.39, 0.29) is 0 Å². The van der Waals surface area contributed by atoms with Gasteiger partial charge in [-0.25, -0.2) is 4.98 Å². The van der Waals surface area contributed by atoms with Crippen molar-refractivity contribution >= 4 is 11.8 Å². The summed E-state index contributed by atoms with van der Waals surface area (Å²) in [5, 5.41) is 6.99. The number of guanidine groups is 1. The first-order chi connectivity index (χ1) is 14.2. The minimum absolute atomic E-state index is 0.451. The number of ether oxygens (including phenoxy) is 2. The number of rotatable bonds is 8. The van der Waals surface area contributed by atoms with Gasteiger partial charge in [0.05, 0.1) is 0 Å². The zero-order valence-electron chi connectivity index (χ0n) is 18.0. The third-order valence-electron chi connectivity index (χ3n) is 5.71. The normalized spacial score (nSPS) is 19.4. The molecule has 0 bridgehead atoms. The Labute approximate surface area is 175 Å². The fourth-order valence-corrected chi connectivity index (χ4v) is 3.89. The number of aromatic nitrogens is 1. The Morgan fingerprint density at radius 1 is 1.24 bits per heavy atom. The minimum atomic E-state index is 0.451. The molecule has 2 fully saturated rings. The van der Waals surface area contributed by atoms with Crippen LogP contribution in [0.2, 0.25) is 0 Å². The van der Waals surface area contributed by atoms with Crippen LogP contribution < -0.4 is 15.5 Å². The van der Waals surface area contributed by atoms with Gasteiger partial charge < -0.3 is 25.0 Å². The molecule has 1 aromatic heterocycles. The number of pyridine rings is 1. The number of aliphatic imine (C=N–C) groups is 1. The molecule has 162 valence electrons. The van der Waals surface area contributed by atoms with Gasteiger partial charge in [0.25, 0.3) is 0 Å². The van der Waals surface area contributed by atoms with E-state index in [9.17, 15) is 0 Å². The van der Waals surface area contributed by atoms with Crippen molar-refractivity contribution in [3.05, 3.63) is 23.9 Å². The highest BCUT2D eigenvalue weighted by Crippen LogP contribution is 2.18. The zero-order chi connectivity index (χ0) is 20.3. The molecule has 2 aliphatic heterocycles. The molecule has 7 heteroatoms. The molecule has 0 atom stereocenters. The lowest BCUT2D eigenvalue weighted by atomic mass is 10.0. The molecular weight excluding hydrogens is 366 g/mol. The molecule has 2 aliphatic rings. The second-order valence-electron chi connectivity index (χ2n) is 8.03. The molecule has 2 saturated heterocycles. The van der Waals surface area contributed by atoms with Crippen molar-refractivity contribution in [2.24, 2.45) is 10.9 Å². The Hall–Kier alpha value is -1.86. The summed E-state index contributed by atoms with van der Waals surface area (Å²) in [5.74, 6) is 2.65. The molecular formula is C22H37N5O2. The first kappa shape index (κ1) is 21.8. The molecule has 3 heterocycles. The SMILES string of the molecule is CN=C(NCCCOCC1CCOCC1)NC1CCN(c2cccc(C)n2)CC1. The van der Waals surface area contributed by atoms with Gasteiger partial charge in [0.1, 0.15) is 5.82 Å². The first-order valence-corrected chi connectivity index (χ1v) is 11.1. The lowest BCUT2D eigenvalue weighted by Crippen LogP contribution is -2.49. The maximum absolute atomic E-state index is 5.83. The van der Waals surface area contributed by atoms with Gasteiger partial charge in [-0.05, 0) is 57.1 Å². The third kappa shape index (κ3) is 7.48. The van der Waals surface area contributed by atoms with Crippen LogP contribution in [0.15, 0.2) is 23.2 Å². The second-order valence-corrected chi connectivity index (χ2v) is 8.03. The van der Waals surface area contributed by atoms with Crippen molar-refractivity contribution in [3.8, 4) is 0 Å². The maximum Gasteiger partial charge on any atom is 0.191 e. The fourth-order valence-electron chi connectivity index (χ4n) is 3.89. The third-order valence-corrected chi connectivity index (χ3v) is 5.71. The molecule has 1 aromatic rings. The highest BCUT2D eigenvalue weighted by molar-refractivity contribution is 5.79. The highest BCUT2D eigenvalue weighted by atomic mass is 16.5. The fraction of sp³-hybridized carbons (Fsp3) is 0.727. The lowest BCUT2D eigenvalue weighted by Gasteiger charge is -2.34. The molecule has 3 rings (SSSR count). The summed E-state index contributed by atoms with van der Waals surface area (Å²) in [7, 11) is 1.84.